The number of aromatic nitrogens is 2. The molecule has 1 saturated heterocycles. The van der Waals surface area contributed by atoms with Crippen molar-refractivity contribution in [3.05, 3.63) is 30.5 Å². The maximum absolute atomic E-state index is 8.66. The second-order valence-corrected chi connectivity index (χ2v) is 8.09. The smallest absolute Gasteiger partial charge is 0.226 e. The number of benzene rings is 1. The molecule has 1 aliphatic carbocycles. The largest absolute Gasteiger partial charge is 0.479 e. The Hall–Kier alpha value is -2.85. The fourth-order valence-electron chi connectivity index (χ4n) is 3.92. The molecule has 158 valence electrons. The first-order valence-corrected chi connectivity index (χ1v) is 10.7. The molecule has 7 heteroatoms. The van der Waals surface area contributed by atoms with Crippen LogP contribution in [0.1, 0.15) is 39.0 Å². The van der Waals surface area contributed by atoms with Crippen LogP contribution in [0.5, 0.6) is 11.6 Å². The van der Waals surface area contributed by atoms with E-state index in [1.54, 1.807) is 0 Å². The summed E-state index contributed by atoms with van der Waals surface area (Å²) in [6, 6.07) is 9.92. The van der Waals surface area contributed by atoms with Crippen molar-refractivity contribution in [2.45, 2.75) is 51.2 Å². The first kappa shape index (κ1) is 20.4. The molecule has 0 unspecified atom stereocenters. The zero-order valence-corrected chi connectivity index (χ0v) is 17.3. The first-order chi connectivity index (χ1) is 14.7. The Morgan fingerprint density at radius 3 is 2.67 bits per heavy atom. The van der Waals surface area contributed by atoms with E-state index < -0.39 is 0 Å². The summed E-state index contributed by atoms with van der Waals surface area (Å²) in [7, 11) is 0. The third-order valence-electron chi connectivity index (χ3n) is 5.74. The van der Waals surface area contributed by atoms with E-state index in [4.69, 9.17) is 24.5 Å². The van der Waals surface area contributed by atoms with Crippen molar-refractivity contribution in [3.63, 3.8) is 0 Å². The van der Waals surface area contributed by atoms with E-state index >= 15 is 0 Å². The highest BCUT2D eigenvalue weighted by atomic mass is 16.5. The van der Waals surface area contributed by atoms with Crippen LogP contribution < -0.4 is 14.8 Å². The lowest BCUT2D eigenvalue weighted by Crippen LogP contribution is -2.26. The lowest BCUT2D eigenvalue weighted by Gasteiger charge is -2.27. The van der Waals surface area contributed by atoms with Gasteiger partial charge in [0.15, 0.2) is 6.61 Å². The van der Waals surface area contributed by atoms with Gasteiger partial charge in [0.2, 0.25) is 11.8 Å². The van der Waals surface area contributed by atoms with E-state index in [2.05, 4.69) is 17.2 Å². The van der Waals surface area contributed by atoms with Gasteiger partial charge >= 0.3 is 0 Å². The Kier molecular flexibility index (Phi) is 6.65. The van der Waals surface area contributed by atoms with Crippen LogP contribution in [0.15, 0.2) is 30.5 Å². The molecule has 2 heterocycles. The van der Waals surface area contributed by atoms with Gasteiger partial charge in [0.25, 0.3) is 0 Å². The number of nitrogens with zero attached hydrogens (tertiary/aromatic N) is 3. The Balaban J connectivity index is 1.54. The molecule has 0 amide bonds. The molecule has 1 aromatic carbocycles. The van der Waals surface area contributed by atoms with Gasteiger partial charge in [-0.1, -0.05) is 19.1 Å². The molecule has 0 radical (unpaired) electrons. The SMILES string of the molecule is C[C@H]1CC[C@H](Nc2ncc(-c3ccc(OCC#N)cc3)c(O[C@@H]3CCOC3)n2)CC1. The monoisotopic (exact) mass is 408 g/mol. The van der Waals surface area contributed by atoms with E-state index in [9.17, 15) is 0 Å². The van der Waals surface area contributed by atoms with Crippen LogP contribution in [0.3, 0.4) is 0 Å². The number of nitrogens with one attached hydrogen (secondary N) is 1. The molecular formula is C23H28N4O3. The van der Waals surface area contributed by atoms with Crippen molar-refractivity contribution in [3.8, 4) is 28.8 Å². The summed E-state index contributed by atoms with van der Waals surface area (Å²) in [4.78, 5) is 9.29. The van der Waals surface area contributed by atoms with E-state index in [0.717, 1.165) is 36.3 Å². The van der Waals surface area contributed by atoms with Gasteiger partial charge in [-0.05, 0) is 49.3 Å². The summed E-state index contributed by atoms with van der Waals surface area (Å²) < 4.78 is 17.0. The summed E-state index contributed by atoms with van der Waals surface area (Å²) in [6.45, 7) is 3.63. The molecular weight excluding hydrogens is 380 g/mol. The molecule has 1 N–H and O–H groups in total. The Labute approximate surface area is 177 Å². The van der Waals surface area contributed by atoms with Crippen LogP contribution in [-0.2, 0) is 4.74 Å². The van der Waals surface area contributed by atoms with E-state index in [1.807, 2.05) is 36.5 Å². The first-order valence-electron chi connectivity index (χ1n) is 10.7. The van der Waals surface area contributed by atoms with E-state index in [1.165, 1.54) is 12.8 Å². The van der Waals surface area contributed by atoms with Crippen LogP contribution >= 0.6 is 0 Å². The second kappa shape index (κ2) is 9.77. The molecule has 7 nitrogen and oxygen atoms in total. The van der Waals surface area contributed by atoms with Gasteiger partial charge in [0.1, 0.15) is 17.9 Å². The zero-order valence-electron chi connectivity index (χ0n) is 17.3. The molecule has 2 fully saturated rings. The molecule has 1 saturated carbocycles. The maximum atomic E-state index is 8.66. The fourth-order valence-corrected chi connectivity index (χ4v) is 3.92. The van der Waals surface area contributed by atoms with Crippen LogP contribution in [0, 0.1) is 17.2 Å². The van der Waals surface area contributed by atoms with Gasteiger partial charge in [0, 0.05) is 18.7 Å². The standard InChI is InChI=1S/C23H28N4O3/c1-16-2-6-18(7-3-16)26-23-25-14-21(22(27-23)30-20-10-12-28-15-20)17-4-8-19(9-5-17)29-13-11-24/h4-5,8-9,14,16,18,20H,2-3,6-7,10,12-13,15H2,1H3,(H,25,26,27)/t16-,18-,20-/m1/s1. The van der Waals surface area contributed by atoms with Crippen molar-refractivity contribution in [2.75, 3.05) is 25.1 Å². The minimum absolute atomic E-state index is 0.000246. The number of hydrogen-bond donors (Lipinski definition) is 1. The van der Waals surface area contributed by atoms with Crippen molar-refractivity contribution >= 4 is 5.95 Å². The number of nitriles is 1. The molecule has 4 rings (SSSR count). The highest BCUT2D eigenvalue weighted by Crippen LogP contribution is 2.32. The molecule has 0 spiro atoms. The second-order valence-electron chi connectivity index (χ2n) is 8.09. The summed E-state index contributed by atoms with van der Waals surface area (Å²) in [5.41, 5.74) is 1.77. The minimum atomic E-state index is 0.000246. The molecule has 30 heavy (non-hydrogen) atoms. The van der Waals surface area contributed by atoms with Crippen molar-refractivity contribution in [2.24, 2.45) is 5.92 Å². The van der Waals surface area contributed by atoms with Gasteiger partial charge in [0.05, 0.1) is 18.8 Å². The van der Waals surface area contributed by atoms with Crippen LogP contribution in [0.2, 0.25) is 0 Å². The number of anilines is 1. The molecule has 2 aliphatic rings. The lowest BCUT2D eigenvalue weighted by molar-refractivity contribution is 0.138. The summed E-state index contributed by atoms with van der Waals surface area (Å²) in [5.74, 6) is 2.63. The van der Waals surface area contributed by atoms with Gasteiger partial charge in [-0.15, -0.1) is 0 Å². The third-order valence-corrected chi connectivity index (χ3v) is 5.74. The molecule has 1 atom stereocenters. The Morgan fingerprint density at radius 2 is 1.97 bits per heavy atom. The summed E-state index contributed by atoms with van der Waals surface area (Å²) in [5, 5.41) is 12.2. The number of hydrogen-bond acceptors (Lipinski definition) is 7. The topological polar surface area (TPSA) is 89.3 Å². The van der Waals surface area contributed by atoms with Crippen molar-refractivity contribution < 1.29 is 14.2 Å². The number of ether oxygens (including phenoxy) is 3. The molecule has 2 aromatic rings. The van der Waals surface area contributed by atoms with Gasteiger partial charge < -0.3 is 19.5 Å². The van der Waals surface area contributed by atoms with Gasteiger partial charge in [-0.2, -0.15) is 10.2 Å². The maximum Gasteiger partial charge on any atom is 0.226 e. The fraction of sp³-hybridized carbons (Fsp3) is 0.522. The molecule has 1 aliphatic heterocycles. The summed E-state index contributed by atoms with van der Waals surface area (Å²) >= 11 is 0. The third kappa shape index (κ3) is 5.19. The summed E-state index contributed by atoms with van der Waals surface area (Å²) in [6.07, 6.45) is 7.43. The zero-order chi connectivity index (χ0) is 20.8. The normalized spacial score (nSPS) is 23.5. The van der Waals surface area contributed by atoms with Crippen LogP contribution in [0.25, 0.3) is 11.1 Å². The van der Waals surface area contributed by atoms with E-state index in [-0.39, 0.29) is 12.7 Å². The average molecular weight is 409 g/mol. The van der Waals surface area contributed by atoms with Crippen LogP contribution in [-0.4, -0.2) is 41.9 Å². The minimum Gasteiger partial charge on any atom is -0.479 e. The Bertz CT molecular complexity index is 867. The number of rotatable bonds is 7. The predicted molar refractivity (Wildman–Crippen MR) is 113 cm³/mol. The van der Waals surface area contributed by atoms with Gasteiger partial charge in [-0.25, -0.2) is 4.98 Å². The lowest BCUT2D eigenvalue weighted by atomic mass is 9.87. The Morgan fingerprint density at radius 1 is 1.17 bits per heavy atom. The van der Waals surface area contributed by atoms with Crippen molar-refractivity contribution in [1.82, 2.24) is 9.97 Å². The highest BCUT2D eigenvalue weighted by Gasteiger charge is 2.23. The molecule has 0 bridgehead atoms. The van der Waals surface area contributed by atoms with Gasteiger partial charge in [-0.3, -0.25) is 0 Å². The predicted octanol–water partition coefficient (Wildman–Crippen LogP) is 4.20. The average Bonchev–Trinajstić information content (AvgIpc) is 3.28. The molecule has 1 aromatic heterocycles. The van der Waals surface area contributed by atoms with Crippen molar-refractivity contribution in [1.29, 1.82) is 5.26 Å². The van der Waals surface area contributed by atoms with Crippen LogP contribution in [0.4, 0.5) is 5.95 Å². The highest BCUT2D eigenvalue weighted by molar-refractivity contribution is 5.69. The van der Waals surface area contributed by atoms with E-state index in [0.29, 0.717) is 36.8 Å². The quantitative estimate of drug-likeness (QED) is 0.734.